The Labute approximate surface area is 160 Å². The van der Waals surface area contributed by atoms with Crippen molar-refractivity contribution in [3.8, 4) is 11.3 Å². The Morgan fingerprint density at radius 3 is 2.65 bits per heavy atom. The third-order valence-corrected chi connectivity index (χ3v) is 4.27. The molecule has 1 amide bonds. The van der Waals surface area contributed by atoms with Crippen LogP contribution in [0.15, 0.2) is 30.3 Å². The van der Waals surface area contributed by atoms with Gasteiger partial charge in [-0.3, -0.25) is 9.89 Å². The van der Waals surface area contributed by atoms with Gasteiger partial charge in [-0.25, -0.2) is 4.39 Å². The lowest BCUT2D eigenvalue weighted by Gasteiger charge is -2.30. The average Bonchev–Trinajstić information content (AvgIpc) is 3.01. The molecule has 1 aromatic carbocycles. The number of aryl methyl sites for hydroxylation is 1. The number of H-pyrrole nitrogens is 1. The summed E-state index contributed by atoms with van der Waals surface area (Å²) >= 11 is 0. The first kappa shape index (κ1) is 22.1. The van der Waals surface area contributed by atoms with Crippen molar-refractivity contribution in [2.45, 2.75) is 39.7 Å². The maximum absolute atomic E-state index is 13.3. The highest BCUT2D eigenvalue weighted by Gasteiger charge is 2.29. The molecule has 0 spiro atoms. The van der Waals surface area contributed by atoms with Crippen LogP contribution in [0, 0.1) is 11.2 Å². The zero-order chi connectivity index (χ0) is 18.6. The molecule has 26 heavy (non-hydrogen) atoms. The molecule has 144 valence electrons. The fraction of sp³-hybridized carbons (Fsp3) is 0.474. The molecule has 1 heterocycles. The SMILES string of the molecule is CN(CCCc1cc(-c2cccc(F)c2)n[nH]1)C(=O)[C@@H](N)C(C)(C)C.Cl. The van der Waals surface area contributed by atoms with Crippen LogP contribution >= 0.6 is 12.4 Å². The third-order valence-electron chi connectivity index (χ3n) is 4.27. The van der Waals surface area contributed by atoms with Gasteiger partial charge in [0.25, 0.3) is 0 Å². The van der Waals surface area contributed by atoms with Gasteiger partial charge in [0.05, 0.1) is 11.7 Å². The molecule has 3 N–H and O–H groups in total. The predicted octanol–water partition coefficient (Wildman–Crippen LogP) is 3.40. The smallest absolute Gasteiger partial charge is 0.239 e. The van der Waals surface area contributed by atoms with Gasteiger partial charge in [-0.15, -0.1) is 12.4 Å². The van der Waals surface area contributed by atoms with E-state index >= 15 is 0 Å². The Hall–Kier alpha value is -1.92. The minimum atomic E-state index is -0.510. The van der Waals surface area contributed by atoms with Crippen molar-refractivity contribution in [3.63, 3.8) is 0 Å². The monoisotopic (exact) mass is 382 g/mol. The summed E-state index contributed by atoms with van der Waals surface area (Å²) < 4.78 is 13.3. The number of hydrogen-bond donors (Lipinski definition) is 2. The third kappa shape index (κ3) is 5.81. The van der Waals surface area contributed by atoms with Gasteiger partial charge in [0, 0.05) is 24.8 Å². The summed E-state index contributed by atoms with van der Waals surface area (Å²) in [5.41, 5.74) is 8.18. The Balaban J connectivity index is 0.00000338. The number of hydrogen-bond acceptors (Lipinski definition) is 3. The van der Waals surface area contributed by atoms with Crippen LogP contribution in [0.4, 0.5) is 4.39 Å². The highest BCUT2D eigenvalue weighted by Crippen LogP contribution is 2.20. The van der Waals surface area contributed by atoms with Gasteiger partial charge >= 0.3 is 0 Å². The quantitative estimate of drug-likeness (QED) is 0.803. The number of halogens is 2. The van der Waals surface area contributed by atoms with Gasteiger partial charge in [-0.2, -0.15) is 5.10 Å². The molecule has 0 unspecified atom stereocenters. The van der Waals surface area contributed by atoms with Crippen LogP contribution in [0.3, 0.4) is 0 Å². The lowest BCUT2D eigenvalue weighted by molar-refractivity contribution is -0.133. The lowest BCUT2D eigenvalue weighted by atomic mass is 9.86. The van der Waals surface area contributed by atoms with Crippen molar-refractivity contribution in [2.24, 2.45) is 11.1 Å². The number of nitrogens with zero attached hydrogens (tertiary/aromatic N) is 2. The van der Waals surface area contributed by atoms with E-state index in [0.717, 1.165) is 24.1 Å². The van der Waals surface area contributed by atoms with Crippen molar-refractivity contribution in [1.29, 1.82) is 0 Å². The molecular weight excluding hydrogens is 355 g/mol. The van der Waals surface area contributed by atoms with E-state index < -0.39 is 6.04 Å². The Morgan fingerprint density at radius 2 is 2.04 bits per heavy atom. The fourth-order valence-corrected chi connectivity index (χ4v) is 2.51. The molecule has 0 aliphatic carbocycles. The molecule has 0 aliphatic rings. The van der Waals surface area contributed by atoms with Crippen LogP contribution in [0.5, 0.6) is 0 Å². The van der Waals surface area contributed by atoms with Crippen LogP contribution in [0.1, 0.15) is 32.9 Å². The van der Waals surface area contributed by atoms with Gasteiger partial charge in [0.1, 0.15) is 5.82 Å². The van der Waals surface area contributed by atoms with Crippen LogP contribution in [-0.4, -0.2) is 40.6 Å². The number of amides is 1. The number of nitrogens with one attached hydrogen (secondary N) is 1. The van der Waals surface area contributed by atoms with E-state index in [1.807, 2.05) is 32.9 Å². The van der Waals surface area contributed by atoms with Crippen LogP contribution in [0.2, 0.25) is 0 Å². The Morgan fingerprint density at radius 1 is 1.35 bits per heavy atom. The first-order chi connectivity index (χ1) is 11.7. The number of rotatable bonds is 6. The van der Waals surface area contributed by atoms with Gasteiger partial charge in [0.2, 0.25) is 5.91 Å². The van der Waals surface area contributed by atoms with Gasteiger partial charge in [-0.1, -0.05) is 32.9 Å². The number of aromatic nitrogens is 2. The van der Waals surface area contributed by atoms with Crippen molar-refractivity contribution < 1.29 is 9.18 Å². The van der Waals surface area contributed by atoms with Crippen molar-refractivity contribution in [1.82, 2.24) is 15.1 Å². The molecule has 0 fully saturated rings. The summed E-state index contributed by atoms with van der Waals surface area (Å²) in [5, 5.41) is 7.20. The second kappa shape index (κ2) is 9.14. The molecular formula is C19H28ClFN4O. The van der Waals surface area contributed by atoms with Gasteiger partial charge in [-0.05, 0) is 36.5 Å². The van der Waals surface area contributed by atoms with Crippen molar-refractivity contribution >= 4 is 18.3 Å². The molecule has 0 aliphatic heterocycles. The molecule has 5 nitrogen and oxygen atoms in total. The minimum absolute atomic E-state index is 0. The Bertz CT molecular complexity index is 726. The second-order valence-corrected chi connectivity index (χ2v) is 7.50. The number of likely N-dealkylation sites (N-methyl/N-ethyl adjacent to an activating group) is 1. The van der Waals surface area contributed by atoms with Crippen LogP contribution < -0.4 is 5.73 Å². The number of aromatic amines is 1. The molecule has 1 aromatic heterocycles. The number of carbonyl (C=O) groups is 1. The van der Waals surface area contributed by atoms with Crippen molar-refractivity contribution in [3.05, 3.63) is 41.8 Å². The lowest BCUT2D eigenvalue weighted by Crippen LogP contribution is -2.49. The maximum atomic E-state index is 13.3. The maximum Gasteiger partial charge on any atom is 0.239 e. The first-order valence-corrected chi connectivity index (χ1v) is 8.49. The standard InChI is InChI=1S/C19H27FN4O.ClH/c1-19(2,3)17(21)18(25)24(4)10-6-9-15-12-16(23-22-15)13-7-5-8-14(20)11-13;/h5,7-8,11-12,17H,6,9-10,21H2,1-4H3,(H,22,23);1H/t17-;/m1./s1. The van der Waals surface area contributed by atoms with E-state index in [1.165, 1.54) is 12.1 Å². The molecule has 0 bridgehead atoms. The van der Waals surface area contributed by atoms with E-state index in [1.54, 1.807) is 18.0 Å². The van der Waals surface area contributed by atoms with E-state index in [9.17, 15) is 9.18 Å². The van der Waals surface area contributed by atoms with E-state index in [-0.39, 0.29) is 29.5 Å². The van der Waals surface area contributed by atoms with Gasteiger partial charge < -0.3 is 10.6 Å². The normalized spacial score (nSPS) is 12.4. The van der Waals surface area contributed by atoms with Crippen LogP contribution in [-0.2, 0) is 11.2 Å². The molecule has 0 saturated carbocycles. The van der Waals surface area contributed by atoms with E-state index in [0.29, 0.717) is 12.2 Å². The summed E-state index contributed by atoms with van der Waals surface area (Å²) in [6.07, 6.45) is 1.55. The molecule has 2 rings (SSSR count). The Kier molecular flexibility index (Phi) is 7.78. The van der Waals surface area contributed by atoms with Crippen LogP contribution in [0.25, 0.3) is 11.3 Å². The largest absolute Gasteiger partial charge is 0.344 e. The number of benzene rings is 1. The first-order valence-electron chi connectivity index (χ1n) is 8.49. The highest BCUT2D eigenvalue weighted by atomic mass is 35.5. The van der Waals surface area contributed by atoms with E-state index in [2.05, 4.69) is 10.2 Å². The fourth-order valence-electron chi connectivity index (χ4n) is 2.51. The summed E-state index contributed by atoms with van der Waals surface area (Å²) in [7, 11) is 1.78. The zero-order valence-corrected chi connectivity index (χ0v) is 16.6. The average molecular weight is 383 g/mol. The molecule has 2 aromatic rings. The predicted molar refractivity (Wildman–Crippen MR) is 105 cm³/mol. The topological polar surface area (TPSA) is 75.0 Å². The molecule has 0 saturated heterocycles. The summed E-state index contributed by atoms with van der Waals surface area (Å²) in [5.74, 6) is -0.324. The summed E-state index contributed by atoms with van der Waals surface area (Å²) in [6, 6.07) is 7.76. The minimum Gasteiger partial charge on any atom is -0.344 e. The molecule has 1 atom stereocenters. The van der Waals surface area contributed by atoms with Gasteiger partial charge in [0.15, 0.2) is 0 Å². The zero-order valence-electron chi connectivity index (χ0n) is 15.8. The number of nitrogens with two attached hydrogens (primary N) is 1. The molecule has 0 radical (unpaired) electrons. The van der Waals surface area contributed by atoms with E-state index in [4.69, 9.17) is 5.73 Å². The number of carbonyl (C=O) groups excluding carboxylic acids is 1. The second-order valence-electron chi connectivity index (χ2n) is 7.50. The highest BCUT2D eigenvalue weighted by molar-refractivity contribution is 5.85. The van der Waals surface area contributed by atoms with Crippen molar-refractivity contribution in [2.75, 3.05) is 13.6 Å². The summed E-state index contributed by atoms with van der Waals surface area (Å²) in [6.45, 7) is 6.50. The molecule has 7 heteroatoms. The summed E-state index contributed by atoms with van der Waals surface area (Å²) in [4.78, 5) is 14.0.